The Morgan fingerprint density at radius 3 is 3.00 bits per heavy atom. The molecule has 4 nitrogen and oxygen atoms in total. The van der Waals surface area contributed by atoms with Crippen LogP contribution in [0.4, 0.5) is 0 Å². The molecule has 0 aliphatic heterocycles. The van der Waals surface area contributed by atoms with Gasteiger partial charge in [0.15, 0.2) is 0 Å². The van der Waals surface area contributed by atoms with Crippen LogP contribution in [0.25, 0.3) is 10.9 Å². The van der Waals surface area contributed by atoms with E-state index in [1.54, 1.807) is 18.3 Å². The Kier molecular flexibility index (Phi) is 2.78. The highest BCUT2D eigenvalue weighted by atomic mass is 16.2. The molecule has 0 unspecified atom stereocenters. The average molecular weight is 204 g/mol. The maximum absolute atomic E-state index is 11.4. The fraction of sp³-hybridized carbons (Fsp3) is 0.273. The standard InChI is InChI=1S/C11H12N2O2/c14-7-1-2-8-3-4-9-10(13-8)5-6-12-11(9)15/h3-6,14H,1-2,7H2,(H,12,15). The van der Waals surface area contributed by atoms with Crippen LogP contribution in [0.2, 0.25) is 0 Å². The molecule has 2 rings (SSSR count). The molecule has 2 aromatic heterocycles. The van der Waals surface area contributed by atoms with Crippen molar-refractivity contribution < 1.29 is 5.11 Å². The lowest BCUT2D eigenvalue weighted by atomic mass is 10.2. The zero-order chi connectivity index (χ0) is 10.7. The van der Waals surface area contributed by atoms with Crippen molar-refractivity contribution in [3.05, 3.63) is 40.4 Å². The molecule has 0 aliphatic carbocycles. The van der Waals surface area contributed by atoms with E-state index in [2.05, 4.69) is 9.97 Å². The van der Waals surface area contributed by atoms with Crippen LogP contribution in [0.1, 0.15) is 12.1 Å². The first-order valence-electron chi connectivity index (χ1n) is 4.89. The number of H-pyrrole nitrogens is 1. The van der Waals surface area contributed by atoms with Crippen LogP contribution in [0.15, 0.2) is 29.2 Å². The molecular formula is C11H12N2O2. The van der Waals surface area contributed by atoms with Crippen LogP contribution >= 0.6 is 0 Å². The van der Waals surface area contributed by atoms with Gasteiger partial charge in [0.2, 0.25) is 0 Å². The van der Waals surface area contributed by atoms with Gasteiger partial charge in [-0.1, -0.05) is 0 Å². The number of pyridine rings is 2. The van der Waals surface area contributed by atoms with Crippen molar-refractivity contribution in [3.63, 3.8) is 0 Å². The van der Waals surface area contributed by atoms with Crippen LogP contribution in [-0.2, 0) is 6.42 Å². The highest BCUT2D eigenvalue weighted by Crippen LogP contribution is 2.08. The molecule has 2 aromatic rings. The van der Waals surface area contributed by atoms with E-state index in [-0.39, 0.29) is 12.2 Å². The summed E-state index contributed by atoms with van der Waals surface area (Å²) in [5, 5.41) is 9.30. The molecule has 0 spiro atoms. The normalized spacial score (nSPS) is 10.7. The number of fused-ring (bicyclic) bond motifs is 1. The molecule has 78 valence electrons. The van der Waals surface area contributed by atoms with Gasteiger partial charge in [-0.25, -0.2) is 0 Å². The molecule has 4 heteroatoms. The van der Waals surface area contributed by atoms with Crippen molar-refractivity contribution >= 4 is 10.9 Å². The molecule has 0 aliphatic rings. The van der Waals surface area contributed by atoms with Crippen LogP contribution in [0.3, 0.4) is 0 Å². The summed E-state index contributed by atoms with van der Waals surface area (Å²) < 4.78 is 0. The smallest absolute Gasteiger partial charge is 0.257 e. The Bertz CT molecular complexity index is 519. The number of aromatic nitrogens is 2. The van der Waals surface area contributed by atoms with E-state index >= 15 is 0 Å². The van der Waals surface area contributed by atoms with Gasteiger partial charge in [0, 0.05) is 18.5 Å². The minimum absolute atomic E-state index is 0.117. The van der Waals surface area contributed by atoms with Gasteiger partial charge in [0.05, 0.1) is 10.9 Å². The van der Waals surface area contributed by atoms with Gasteiger partial charge < -0.3 is 10.1 Å². The van der Waals surface area contributed by atoms with Crippen molar-refractivity contribution in [3.8, 4) is 0 Å². The number of nitrogens with zero attached hydrogens (tertiary/aromatic N) is 1. The van der Waals surface area contributed by atoms with E-state index in [0.717, 1.165) is 12.1 Å². The maximum Gasteiger partial charge on any atom is 0.257 e. The number of hydrogen-bond donors (Lipinski definition) is 2. The van der Waals surface area contributed by atoms with Crippen LogP contribution in [0.5, 0.6) is 0 Å². The first-order chi connectivity index (χ1) is 7.31. The largest absolute Gasteiger partial charge is 0.396 e. The number of aryl methyl sites for hydroxylation is 1. The van der Waals surface area contributed by atoms with E-state index in [9.17, 15) is 4.79 Å². The summed E-state index contributed by atoms with van der Waals surface area (Å²) in [5.41, 5.74) is 1.49. The number of aliphatic hydroxyl groups is 1. The van der Waals surface area contributed by atoms with Crippen molar-refractivity contribution in [1.29, 1.82) is 0 Å². The lowest BCUT2D eigenvalue weighted by Crippen LogP contribution is -2.06. The number of rotatable bonds is 3. The second kappa shape index (κ2) is 4.23. The predicted molar refractivity (Wildman–Crippen MR) is 57.8 cm³/mol. The fourth-order valence-corrected chi connectivity index (χ4v) is 1.51. The van der Waals surface area contributed by atoms with Gasteiger partial charge in [-0.05, 0) is 31.0 Å². The quantitative estimate of drug-likeness (QED) is 0.778. The highest BCUT2D eigenvalue weighted by Gasteiger charge is 2.00. The Morgan fingerprint density at radius 2 is 2.20 bits per heavy atom. The minimum Gasteiger partial charge on any atom is -0.396 e. The molecule has 0 fully saturated rings. The Balaban J connectivity index is 2.43. The number of aromatic amines is 1. The highest BCUT2D eigenvalue weighted by molar-refractivity contribution is 5.77. The lowest BCUT2D eigenvalue weighted by molar-refractivity contribution is 0.288. The Labute approximate surface area is 86.6 Å². The molecule has 2 heterocycles. The van der Waals surface area contributed by atoms with Gasteiger partial charge in [0.1, 0.15) is 0 Å². The summed E-state index contributed by atoms with van der Waals surface area (Å²) in [7, 11) is 0. The van der Waals surface area contributed by atoms with E-state index in [4.69, 9.17) is 5.11 Å². The number of hydrogen-bond acceptors (Lipinski definition) is 3. The first-order valence-corrected chi connectivity index (χ1v) is 4.89. The molecule has 0 radical (unpaired) electrons. The monoisotopic (exact) mass is 204 g/mol. The van der Waals surface area contributed by atoms with Gasteiger partial charge >= 0.3 is 0 Å². The third-order valence-corrected chi connectivity index (χ3v) is 2.27. The Hall–Kier alpha value is -1.68. The summed E-state index contributed by atoms with van der Waals surface area (Å²) in [6.07, 6.45) is 3.02. The van der Waals surface area contributed by atoms with Gasteiger partial charge in [-0.15, -0.1) is 0 Å². The average Bonchev–Trinajstić information content (AvgIpc) is 2.26. The minimum atomic E-state index is -0.117. The Morgan fingerprint density at radius 1 is 1.33 bits per heavy atom. The molecule has 0 saturated carbocycles. The topological polar surface area (TPSA) is 66.0 Å². The second-order valence-corrected chi connectivity index (χ2v) is 3.37. The number of nitrogens with one attached hydrogen (secondary N) is 1. The van der Waals surface area contributed by atoms with Crippen molar-refractivity contribution in [2.75, 3.05) is 6.61 Å². The third kappa shape index (κ3) is 2.05. The summed E-state index contributed by atoms with van der Waals surface area (Å²) in [4.78, 5) is 18.3. The maximum atomic E-state index is 11.4. The van der Waals surface area contributed by atoms with Gasteiger partial charge in [0.25, 0.3) is 5.56 Å². The molecule has 0 atom stereocenters. The lowest BCUT2D eigenvalue weighted by Gasteiger charge is -2.00. The molecule has 0 aromatic carbocycles. The van der Waals surface area contributed by atoms with Crippen molar-refractivity contribution in [2.45, 2.75) is 12.8 Å². The molecule has 0 bridgehead atoms. The van der Waals surface area contributed by atoms with E-state index < -0.39 is 0 Å². The predicted octanol–water partition coefficient (Wildman–Crippen LogP) is 0.848. The molecule has 2 N–H and O–H groups in total. The SMILES string of the molecule is O=c1[nH]ccc2nc(CCCO)ccc12. The molecule has 0 saturated heterocycles. The number of aliphatic hydroxyl groups excluding tert-OH is 1. The van der Waals surface area contributed by atoms with Gasteiger partial charge in [-0.3, -0.25) is 9.78 Å². The first kappa shape index (κ1) is 9.86. The van der Waals surface area contributed by atoms with Crippen LogP contribution < -0.4 is 5.56 Å². The molecule has 0 amide bonds. The van der Waals surface area contributed by atoms with Crippen LogP contribution in [0, 0.1) is 0 Å². The molecule has 15 heavy (non-hydrogen) atoms. The third-order valence-electron chi connectivity index (χ3n) is 2.27. The summed E-state index contributed by atoms with van der Waals surface area (Å²) in [6, 6.07) is 5.38. The fourth-order valence-electron chi connectivity index (χ4n) is 1.51. The summed E-state index contributed by atoms with van der Waals surface area (Å²) in [6.45, 7) is 0.162. The summed E-state index contributed by atoms with van der Waals surface area (Å²) in [5.74, 6) is 0. The summed E-state index contributed by atoms with van der Waals surface area (Å²) >= 11 is 0. The van der Waals surface area contributed by atoms with Crippen molar-refractivity contribution in [2.24, 2.45) is 0 Å². The van der Waals surface area contributed by atoms with Gasteiger partial charge in [-0.2, -0.15) is 0 Å². The van der Waals surface area contributed by atoms with E-state index in [1.165, 1.54) is 0 Å². The zero-order valence-electron chi connectivity index (χ0n) is 8.23. The van der Waals surface area contributed by atoms with E-state index in [1.807, 2.05) is 6.07 Å². The zero-order valence-corrected chi connectivity index (χ0v) is 8.23. The van der Waals surface area contributed by atoms with Crippen LogP contribution in [-0.4, -0.2) is 21.7 Å². The van der Waals surface area contributed by atoms with Crippen molar-refractivity contribution in [1.82, 2.24) is 9.97 Å². The second-order valence-electron chi connectivity index (χ2n) is 3.37. The van der Waals surface area contributed by atoms with E-state index in [0.29, 0.717) is 17.3 Å². The molecular weight excluding hydrogens is 192 g/mol.